The zero-order valence-electron chi connectivity index (χ0n) is 12.0. The molecule has 0 N–H and O–H groups in total. The Balaban J connectivity index is 1.64. The lowest BCUT2D eigenvalue weighted by molar-refractivity contribution is -0.136. The van der Waals surface area contributed by atoms with E-state index in [4.69, 9.17) is 9.47 Å². The highest BCUT2D eigenvalue weighted by Crippen LogP contribution is 2.28. The van der Waals surface area contributed by atoms with Gasteiger partial charge < -0.3 is 9.47 Å². The van der Waals surface area contributed by atoms with E-state index < -0.39 is 5.97 Å². The number of hydrogen-bond acceptors (Lipinski definition) is 3. The number of hydrogen-bond donors (Lipinski definition) is 0. The first-order chi connectivity index (χ1) is 11.1. The summed E-state index contributed by atoms with van der Waals surface area (Å²) in [6.45, 7) is -0.160. The topological polar surface area (TPSA) is 35.5 Å². The van der Waals surface area contributed by atoms with Crippen LogP contribution in [0.1, 0.15) is 0 Å². The van der Waals surface area contributed by atoms with Crippen LogP contribution in [0.25, 0.3) is 10.8 Å². The molecule has 3 rings (SSSR count). The third-order valence-electron chi connectivity index (χ3n) is 3.19. The van der Waals surface area contributed by atoms with Crippen LogP contribution in [0, 0.1) is 0 Å². The van der Waals surface area contributed by atoms with Gasteiger partial charge >= 0.3 is 5.97 Å². The van der Waals surface area contributed by atoms with Gasteiger partial charge in [0.2, 0.25) is 0 Å². The van der Waals surface area contributed by atoms with Crippen molar-refractivity contribution in [3.63, 3.8) is 0 Å². The summed E-state index contributed by atoms with van der Waals surface area (Å²) >= 11 is 6.75. The van der Waals surface area contributed by atoms with Crippen LogP contribution in [-0.4, -0.2) is 12.6 Å². The van der Waals surface area contributed by atoms with E-state index >= 15 is 0 Å². The third-order valence-corrected chi connectivity index (χ3v) is 4.31. The summed E-state index contributed by atoms with van der Waals surface area (Å²) in [7, 11) is 0. The van der Waals surface area contributed by atoms with Crippen LogP contribution in [0.3, 0.4) is 0 Å². The van der Waals surface area contributed by atoms with Gasteiger partial charge in [0.25, 0.3) is 0 Å². The van der Waals surface area contributed by atoms with Crippen LogP contribution in [-0.2, 0) is 4.79 Å². The summed E-state index contributed by atoms with van der Waals surface area (Å²) < 4.78 is 12.5. The Kier molecular flexibility index (Phi) is 4.98. The Bertz CT molecular complexity index is 862. The van der Waals surface area contributed by atoms with E-state index in [1.54, 1.807) is 12.1 Å². The fraction of sp³-hybridized carbons (Fsp3) is 0.0556. The molecule has 3 aromatic carbocycles. The summed E-state index contributed by atoms with van der Waals surface area (Å²) in [6, 6.07) is 18.9. The lowest BCUT2D eigenvalue weighted by Crippen LogP contribution is -2.17. The molecule has 0 heterocycles. The molecule has 0 atom stereocenters. The van der Waals surface area contributed by atoms with Gasteiger partial charge in [0.05, 0.1) is 4.47 Å². The minimum Gasteiger partial charge on any atom is -0.481 e. The van der Waals surface area contributed by atoms with Gasteiger partial charge in [-0.15, -0.1) is 0 Å². The molecule has 5 heteroatoms. The Morgan fingerprint density at radius 2 is 1.70 bits per heavy atom. The van der Waals surface area contributed by atoms with E-state index in [-0.39, 0.29) is 6.61 Å². The molecule has 0 amide bonds. The molecule has 0 saturated heterocycles. The second-order valence-electron chi connectivity index (χ2n) is 4.85. The average Bonchev–Trinajstić information content (AvgIpc) is 2.54. The molecule has 0 aromatic heterocycles. The molecular weight excluding hydrogens is 424 g/mol. The third kappa shape index (κ3) is 4.12. The van der Waals surface area contributed by atoms with Gasteiger partial charge in [-0.25, -0.2) is 4.79 Å². The van der Waals surface area contributed by atoms with Crippen LogP contribution >= 0.6 is 31.9 Å². The maximum atomic E-state index is 11.9. The van der Waals surface area contributed by atoms with Gasteiger partial charge in [-0.05, 0) is 57.0 Å². The number of rotatable bonds is 4. The van der Waals surface area contributed by atoms with Crippen molar-refractivity contribution in [2.75, 3.05) is 6.61 Å². The number of ether oxygens (including phenoxy) is 2. The molecule has 0 aliphatic heterocycles. The van der Waals surface area contributed by atoms with E-state index in [1.165, 1.54) is 0 Å². The molecule has 0 aliphatic carbocycles. The van der Waals surface area contributed by atoms with Crippen molar-refractivity contribution in [2.24, 2.45) is 0 Å². The van der Waals surface area contributed by atoms with E-state index in [2.05, 4.69) is 31.9 Å². The maximum absolute atomic E-state index is 11.9. The molecular formula is C18H12Br2O3. The number of carbonyl (C=O) groups excluding carboxylic acids is 1. The van der Waals surface area contributed by atoms with Gasteiger partial charge in [-0.1, -0.05) is 46.3 Å². The average molecular weight is 436 g/mol. The van der Waals surface area contributed by atoms with Crippen molar-refractivity contribution in [1.29, 1.82) is 0 Å². The Morgan fingerprint density at radius 1 is 0.913 bits per heavy atom. The lowest BCUT2D eigenvalue weighted by Gasteiger charge is -2.09. The van der Waals surface area contributed by atoms with Gasteiger partial charge in [-0.3, -0.25) is 0 Å². The fourth-order valence-corrected chi connectivity index (χ4v) is 3.28. The maximum Gasteiger partial charge on any atom is 0.349 e. The molecule has 0 unspecified atom stereocenters. The first-order valence-electron chi connectivity index (χ1n) is 6.89. The van der Waals surface area contributed by atoms with Crippen LogP contribution < -0.4 is 9.47 Å². The van der Waals surface area contributed by atoms with Gasteiger partial charge in [0.1, 0.15) is 11.5 Å². The summed E-state index contributed by atoms with van der Waals surface area (Å²) in [6.07, 6.45) is 0. The molecule has 0 aliphatic rings. The molecule has 3 aromatic rings. The van der Waals surface area contributed by atoms with Crippen LogP contribution in [0.5, 0.6) is 11.5 Å². The van der Waals surface area contributed by atoms with E-state index in [1.807, 2.05) is 48.5 Å². The van der Waals surface area contributed by atoms with Crippen molar-refractivity contribution in [3.05, 3.63) is 69.6 Å². The van der Waals surface area contributed by atoms with Crippen molar-refractivity contribution < 1.29 is 14.3 Å². The fourth-order valence-electron chi connectivity index (χ4n) is 2.12. The molecule has 0 saturated carbocycles. The minimum absolute atomic E-state index is 0.160. The highest BCUT2D eigenvalue weighted by molar-refractivity contribution is 9.11. The summed E-state index contributed by atoms with van der Waals surface area (Å²) in [5.41, 5.74) is 0. The number of esters is 1. The molecule has 0 bridgehead atoms. The first kappa shape index (κ1) is 16.0. The van der Waals surface area contributed by atoms with Crippen LogP contribution in [0.4, 0.5) is 0 Å². The number of fused-ring (bicyclic) bond motifs is 1. The second kappa shape index (κ2) is 7.15. The Labute approximate surface area is 150 Å². The SMILES string of the molecule is O=C(COc1ccc(Br)cc1Br)Oc1ccc2ccccc2c1. The zero-order valence-corrected chi connectivity index (χ0v) is 15.1. The lowest BCUT2D eigenvalue weighted by atomic mass is 10.1. The summed E-state index contributed by atoms with van der Waals surface area (Å²) in [4.78, 5) is 11.9. The molecule has 0 radical (unpaired) electrons. The Hall–Kier alpha value is -1.85. The predicted molar refractivity (Wildman–Crippen MR) is 96.9 cm³/mol. The van der Waals surface area contributed by atoms with Crippen molar-refractivity contribution in [2.45, 2.75) is 0 Å². The van der Waals surface area contributed by atoms with Gasteiger partial charge in [-0.2, -0.15) is 0 Å². The smallest absolute Gasteiger partial charge is 0.349 e. The van der Waals surface area contributed by atoms with E-state index in [9.17, 15) is 4.79 Å². The standard InChI is InChI=1S/C18H12Br2O3/c19-14-6-8-17(16(20)10-14)22-11-18(21)23-15-7-5-12-3-1-2-4-13(12)9-15/h1-10H,11H2. The highest BCUT2D eigenvalue weighted by Gasteiger charge is 2.09. The number of halogens is 2. The second-order valence-corrected chi connectivity index (χ2v) is 6.62. The van der Waals surface area contributed by atoms with Gasteiger partial charge in [0, 0.05) is 4.47 Å². The molecule has 0 spiro atoms. The molecule has 116 valence electrons. The van der Waals surface area contributed by atoms with Crippen LogP contribution in [0.15, 0.2) is 69.6 Å². The number of benzene rings is 3. The first-order valence-corrected chi connectivity index (χ1v) is 8.48. The normalized spacial score (nSPS) is 10.5. The molecule has 0 fully saturated rings. The summed E-state index contributed by atoms with van der Waals surface area (Å²) in [5, 5.41) is 2.12. The largest absolute Gasteiger partial charge is 0.481 e. The monoisotopic (exact) mass is 434 g/mol. The summed E-state index contributed by atoms with van der Waals surface area (Å²) in [5.74, 6) is 0.644. The minimum atomic E-state index is -0.449. The van der Waals surface area contributed by atoms with Crippen molar-refractivity contribution >= 4 is 48.6 Å². The molecule has 3 nitrogen and oxygen atoms in total. The van der Waals surface area contributed by atoms with Gasteiger partial charge in [0.15, 0.2) is 6.61 Å². The Morgan fingerprint density at radius 3 is 2.48 bits per heavy atom. The zero-order chi connectivity index (χ0) is 16.2. The highest BCUT2D eigenvalue weighted by atomic mass is 79.9. The van der Waals surface area contributed by atoms with Crippen molar-refractivity contribution in [3.8, 4) is 11.5 Å². The predicted octanol–water partition coefficient (Wildman–Crippen LogP) is 5.35. The van der Waals surface area contributed by atoms with Crippen LogP contribution in [0.2, 0.25) is 0 Å². The molecule has 23 heavy (non-hydrogen) atoms. The van der Waals surface area contributed by atoms with E-state index in [0.29, 0.717) is 11.5 Å². The van der Waals surface area contributed by atoms with Crippen molar-refractivity contribution in [1.82, 2.24) is 0 Å². The van der Waals surface area contributed by atoms with E-state index in [0.717, 1.165) is 19.7 Å². The quantitative estimate of drug-likeness (QED) is 0.409. The number of carbonyl (C=O) groups is 1.